The molecule has 0 radical (unpaired) electrons. The van der Waals surface area contributed by atoms with Gasteiger partial charge in [-0.25, -0.2) is 9.78 Å². The van der Waals surface area contributed by atoms with Crippen LogP contribution in [-0.2, 0) is 18.1 Å². The minimum Gasteiger partial charge on any atom is -0.497 e. The van der Waals surface area contributed by atoms with Crippen LogP contribution < -0.4 is 15.0 Å². The maximum atomic E-state index is 13.9. The van der Waals surface area contributed by atoms with Gasteiger partial charge in [0.15, 0.2) is 0 Å². The number of urea groups is 1. The Kier molecular flexibility index (Phi) is 6.28. The van der Waals surface area contributed by atoms with Crippen LogP contribution in [0.1, 0.15) is 48.1 Å². The Morgan fingerprint density at radius 3 is 2.51 bits per heavy atom. The predicted molar refractivity (Wildman–Crippen MR) is 132 cm³/mol. The molecule has 1 aromatic heterocycles. The highest BCUT2D eigenvalue weighted by molar-refractivity contribution is 5.95. The summed E-state index contributed by atoms with van der Waals surface area (Å²) in [6.07, 6.45) is -0.979. The van der Waals surface area contributed by atoms with Crippen molar-refractivity contribution in [3.63, 3.8) is 0 Å². The molecule has 1 N–H and O–H groups in total. The number of methoxy groups -OCH3 is 1. The number of aromatic nitrogens is 1. The number of nitriles is 1. The Morgan fingerprint density at radius 1 is 1.14 bits per heavy atom. The zero-order valence-electron chi connectivity index (χ0n) is 20.2. The van der Waals surface area contributed by atoms with Gasteiger partial charge in [-0.3, -0.25) is 4.90 Å². The molecule has 0 saturated heterocycles. The van der Waals surface area contributed by atoms with Gasteiger partial charge in [0.25, 0.3) is 0 Å². The van der Waals surface area contributed by atoms with Crippen molar-refractivity contribution in [1.29, 1.82) is 5.26 Å². The number of benzene rings is 2. The standard InChI is InChI=1S/C28H25F3N4O2/c1-37-20-8-9-21(22(14-20)28(29,30)31)23-10-11-24-25(34-23)27(12-2-3-13-27)17-35(24)26(36)33-16-19-6-4-18(15-32)5-7-19/h4-11,14H,2-3,12-13,16-17H2,1H3,(H,33,36). The zero-order valence-corrected chi connectivity index (χ0v) is 20.2. The van der Waals surface area contributed by atoms with Gasteiger partial charge >= 0.3 is 12.2 Å². The molecule has 1 saturated carbocycles. The number of fused-ring (bicyclic) bond motifs is 2. The third-order valence-corrected chi connectivity index (χ3v) is 7.27. The minimum absolute atomic E-state index is 0.0204. The number of alkyl halides is 3. The molecule has 2 amide bonds. The Bertz CT molecular complexity index is 1370. The molecule has 0 bridgehead atoms. The average Bonchev–Trinajstić information content (AvgIpc) is 3.51. The molecule has 37 heavy (non-hydrogen) atoms. The average molecular weight is 507 g/mol. The zero-order chi connectivity index (χ0) is 26.2. The van der Waals surface area contributed by atoms with Gasteiger partial charge in [0.05, 0.1) is 41.4 Å². The molecule has 1 aliphatic heterocycles. The molecule has 1 aliphatic carbocycles. The number of carbonyl (C=O) groups is 1. The van der Waals surface area contributed by atoms with Crippen molar-refractivity contribution in [2.24, 2.45) is 0 Å². The summed E-state index contributed by atoms with van der Waals surface area (Å²) in [7, 11) is 1.33. The van der Waals surface area contributed by atoms with Gasteiger partial charge in [0, 0.05) is 24.1 Å². The van der Waals surface area contributed by atoms with Gasteiger partial charge in [-0.1, -0.05) is 25.0 Å². The summed E-state index contributed by atoms with van der Waals surface area (Å²) in [5, 5.41) is 11.9. The highest BCUT2D eigenvalue weighted by Gasteiger charge is 2.48. The van der Waals surface area contributed by atoms with Crippen LogP contribution in [0.3, 0.4) is 0 Å². The fraction of sp³-hybridized carbons (Fsp3) is 0.321. The fourth-order valence-corrected chi connectivity index (χ4v) is 5.38. The van der Waals surface area contributed by atoms with Gasteiger partial charge in [-0.2, -0.15) is 18.4 Å². The van der Waals surface area contributed by atoms with E-state index in [1.54, 1.807) is 41.3 Å². The van der Waals surface area contributed by atoms with E-state index in [1.807, 2.05) is 0 Å². The summed E-state index contributed by atoms with van der Waals surface area (Å²) in [6, 6.07) is 15.9. The van der Waals surface area contributed by atoms with Crippen LogP contribution in [-0.4, -0.2) is 24.7 Å². The number of nitrogens with one attached hydrogen (secondary N) is 1. The number of hydrogen-bond donors (Lipinski definition) is 1. The molecule has 2 aromatic carbocycles. The van der Waals surface area contributed by atoms with Crippen molar-refractivity contribution >= 4 is 11.7 Å². The van der Waals surface area contributed by atoms with Gasteiger partial charge < -0.3 is 10.1 Å². The molecule has 2 aliphatic rings. The van der Waals surface area contributed by atoms with E-state index in [9.17, 15) is 18.0 Å². The first kappa shape index (κ1) is 24.6. The lowest BCUT2D eigenvalue weighted by atomic mass is 9.84. The van der Waals surface area contributed by atoms with Crippen LogP contribution in [0.2, 0.25) is 0 Å². The highest BCUT2D eigenvalue weighted by atomic mass is 19.4. The van der Waals surface area contributed by atoms with E-state index < -0.39 is 11.7 Å². The summed E-state index contributed by atoms with van der Waals surface area (Å²) in [5.74, 6) is 0.120. The van der Waals surface area contributed by atoms with Gasteiger partial charge in [0.2, 0.25) is 0 Å². The summed E-state index contributed by atoms with van der Waals surface area (Å²) < 4.78 is 46.7. The van der Waals surface area contributed by atoms with E-state index in [-0.39, 0.29) is 35.0 Å². The van der Waals surface area contributed by atoms with Crippen molar-refractivity contribution in [2.45, 2.75) is 43.8 Å². The maximum absolute atomic E-state index is 13.9. The van der Waals surface area contributed by atoms with Crippen LogP contribution in [0.25, 0.3) is 11.3 Å². The number of hydrogen-bond acceptors (Lipinski definition) is 4. The molecule has 3 aromatic rings. The second-order valence-electron chi connectivity index (χ2n) is 9.51. The molecule has 1 fully saturated rings. The van der Waals surface area contributed by atoms with Crippen LogP contribution >= 0.6 is 0 Å². The molecular formula is C28H25F3N4O2. The lowest BCUT2D eigenvalue weighted by Crippen LogP contribution is -2.41. The van der Waals surface area contributed by atoms with Crippen molar-refractivity contribution < 1.29 is 22.7 Å². The lowest BCUT2D eigenvalue weighted by Gasteiger charge is -2.24. The second kappa shape index (κ2) is 9.43. The maximum Gasteiger partial charge on any atom is 0.417 e. The molecule has 190 valence electrons. The van der Waals surface area contributed by atoms with Crippen LogP contribution in [0.15, 0.2) is 54.6 Å². The van der Waals surface area contributed by atoms with Gasteiger partial charge in [-0.05, 0) is 60.9 Å². The van der Waals surface area contributed by atoms with Gasteiger partial charge in [0.1, 0.15) is 5.75 Å². The number of rotatable bonds is 4. The van der Waals surface area contributed by atoms with E-state index in [1.165, 1.54) is 19.2 Å². The SMILES string of the molecule is COc1ccc(-c2ccc3c(n2)C2(CCCC2)CN3C(=O)NCc2ccc(C#N)cc2)c(C(F)(F)F)c1. The summed E-state index contributed by atoms with van der Waals surface area (Å²) >= 11 is 0. The number of pyridine rings is 1. The Balaban J connectivity index is 1.47. The number of halogens is 3. The van der Waals surface area contributed by atoms with Gasteiger partial charge in [-0.15, -0.1) is 0 Å². The predicted octanol–water partition coefficient (Wildman–Crippen LogP) is 6.19. The topological polar surface area (TPSA) is 78.2 Å². The highest BCUT2D eigenvalue weighted by Crippen LogP contribution is 2.50. The molecule has 2 heterocycles. The van der Waals surface area contributed by atoms with E-state index in [0.29, 0.717) is 23.5 Å². The molecule has 1 spiro atoms. The van der Waals surface area contributed by atoms with E-state index in [0.717, 1.165) is 37.3 Å². The Morgan fingerprint density at radius 2 is 1.86 bits per heavy atom. The quantitative estimate of drug-likeness (QED) is 0.458. The lowest BCUT2D eigenvalue weighted by molar-refractivity contribution is -0.137. The third-order valence-electron chi connectivity index (χ3n) is 7.27. The summed E-state index contributed by atoms with van der Waals surface area (Å²) in [6.45, 7) is 0.725. The molecule has 9 heteroatoms. The number of anilines is 1. The molecular weight excluding hydrogens is 481 g/mol. The Hall–Kier alpha value is -4.06. The molecule has 5 rings (SSSR count). The second-order valence-corrected chi connectivity index (χ2v) is 9.51. The van der Waals surface area contributed by atoms with E-state index in [4.69, 9.17) is 15.0 Å². The van der Waals surface area contributed by atoms with Crippen molar-refractivity contribution in [3.05, 3.63) is 77.0 Å². The van der Waals surface area contributed by atoms with Crippen LogP contribution in [0, 0.1) is 11.3 Å². The fourth-order valence-electron chi connectivity index (χ4n) is 5.38. The number of amides is 2. The first-order chi connectivity index (χ1) is 17.7. The number of carbonyl (C=O) groups excluding carboxylic acids is 1. The Labute approximate surface area is 212 Å². The van der Waals surface area contributed by atoms with Crippen LogP contribution in [0.4, 0.5) is 23.7 Å². The largest absolute Gasteiger partial charge is 0.497 e. The number of ether oxygens (including phenoxy) is 1. The van der Waals surface area contributed by atoms with Crippen molar-refractivity contribution in [2.75, 3.05) is 18.6 Å². The van der Waals surface area contributed by atoms with E-state index in [2.05, 4.69) is 11.4 Å². The monoisotopic (exact) mass is 506 g/mol. The summed E-state index contributed by atoms with van der Waals surface area (Å²) in [4.78, 5) is 19.6. The smallest absolute Gasteiger partial charge is 0.417 e. The summed E-state index contributed by atoms with van der Waals surface area (Å²) in [5.41, 5.74) is 1.73. The third kappa shape index (κ3) is 4.59. The first-order valence-corrected chi connectivity index (χ1v) is 12.1. The van der Waals surface area contributed by atoms with Crippen molar-refractivity contribution in [1.82, 2.24) is 10.3 Å². The van der Waals surface area contributed by atoms with Crippen molar-refractivity contribution in [3.8, 4) is 23.1 Å². The molecule has 0 unspecified atom stereocenters. The van der Waals surface area contributed by atoms with Crippen LogP contribution in [0.5, 0.6) is 5.75 Å². The first-order valence-electron chi connectivity index (χ1n) is 12.1. The number of nitrogens with zero attached hydrogens (tertiary/aromatic N) is 3. The molecule has 6 nitrogen and oxygen atoms in total. The minimum atomic E-state index is -4.58. The normalized spacial score (nSPS) is 15.9. The molecule has 0 atom stereocenters. The van der Waals surface area contributed by atoms with E-state index >= 15 is 0 Å².